The van der Waals surface area contributed by atoms with Crippen LogP contribution in [0.1, 0.15) is 24.2 Å². The van der Waals surface area contributed by atoms with Crippen LogP contribution < -0.4 is 10.5 Å². The molecule has 1 unspecified atom stereocenters. The van der Waals surface area contributed by atoms with Crippen LogP contribution in [0.2, 0.25) is 0 Å². The molecule has 12 heavy (non-hydrogen) atoms. The van der Waals surface area contributed by atoms with Gasteiger partial charge in [-0.15, -0.1) is 5.10 Å². The van der Waals surface area contributed by atoms with Crippen molar-refractivity contribution in [2.24, 2.45) is 12.8 Å². The average Bonchev–Trinajstić information content (AvgIpc) is 2.28. The molecule has 0 aliphatic carbocycles. The van der Waals surface area contributed by atoms with Crippen molar-refractivity contribution in [2.45, 2.75) is 19.9 Å². The van der Waals surface area contributed by atoms with Crippen molar-refractivity contribution < 1.29 is 4.74 Å². The van der Waals surface area contributed by atoms with Gasteiger partial charge in [0.15, 0.2) is 0 Å². The summed E-state index contributed by atoms with van der Waals surface area (Å²) < 4.78 is 6.87. The topological polar surface area (TPSA) is 53.1 Å². The lowest BCUT2D eigenvalue weighted by molar-refractivity contribution is 0.386. The van der Waals surface area contributed by atoms with Gasteiger partial charge in [-0.25, -0.2) is 0 Å². The molecule has 0 saturated heterocycles. The minimum absolute atomic E-state index is 0.0337. The standard InChI is InChI=1S/C8H15N3O/c1-5(9)7-6(2)11(3)10-8(7)12-4/h5H,9H2,1-4H3. The third-order valence-electron chi connectivity index (χ3n) is 2.00. The van der Waals surface area contributed by atoms with Crippen molar-refractivity contribution in [3.63, 3.8) is 0 Å². The molecular weight excluding hydrogens is 154 g/mol. The van der Waals surface area contributed by atoms with E-state index in [4.69, 9.17) is 10.5 Å². The predicted molar refractivity (Wildman–Crippen MR) is 47.1 cm³/mol. The minimum atomic E-state index is -0.0337. The van der Waals surface area contributed by atoms with Crippen LogP contribution in [0.4, 0.5) is 0 Å². The molecule has 0 aromatic carbocycles. The Kier molecular flexibility index (Phi) is 2.38. The highest BCUT2D eigenvalue weighted by molar-refractivity contribution is 5.33. The number of hydrogen-bond acceptors (Lipinski definition) is 3. The number of aromatic nitrogens is 2. The number of methoxy groups -OCH3 is 1. The smallest absolute Gasteiger partial charge is 0.237 e. The summed E-state index contributed by atoms with van der Waals surface area (Å²) >= 11 is 0. The Balaban J connectivity index is 3.21. The summed E-state index contributed by atoms with van der Waals surface area (Å²) in [6.07, 6.45) is 0. The van der Waals surface area contributed by atoms with Gasteiger partial charge in [-0.1, -0.05) is 0 Å². The summed E-state index contributed by atoms with van der Waals surface area (Å²) in [4.78, 5) is 0. The highest BCUT2D eigenvalue weighted by Gasteiger charge is 2.16. The summed E-state index contributed by atoms with van der Waals surface area (Å²) in [6.45, 7) is 3.90. The second-order valence-electron chi connectivity index (χ2n) is 2.92. The predicted octanol–water partition coefficient (Wildman–Crippen LogP) is 0.757. The average molecular weight is 169 g/mol. The van der Waals surface area contributed by atoms with E-state index < -0.39 is 0 Å². The lowest BCUT2D eigenvalue weighted by Gasteiger charge is -2.05. The summed E-state index contributed by atoms with van der Waals surface area (Å²) in [5.74, 6) is 0.630. The van der Waals surface area contributed by atoms with E-state index >= 15 is 0 Å². The summed E-state index contributed by atoms with van der Waals surface area (Å²) in [6, 6.07) is -0.0337. The molecule has 1 rings (SSSR count). The van der Waals surface area contributed by atoms with E-state index in [1.165, 1.54) is 0 Å². The molecule has 68 valence electrons. The van der Waals surface area contributed by atoms with Gasteiger partial charge >= 0.3 is 0 Å². The fraction of sp³-hybridized carbons (Fsp3) is 0.625. The minimum Gasteiger partial charge on any atom is -0.480 e. The van der Waals surface area contributed by atoms with Crippen molar-refractivity contribution in [3.8, 4) is 5.88 Å². The van der Waals surface area contributed by atoms with Gasteiger partial charge in [-0.05, 0) is 13.8 Å². The maximum atomic E-state index is 5.77. The summed E-state index contributed by atoms with van der Waals surface area (Å²) in [7, 11) is 3.48. The first-order valence-corrected chi connectivity index (χ1v) is 3.91. The Morgan fingerprint density at radius 2 is 2.17 bits per heavy atom. The Morgan fingerprint density at radius 3 is 2.50 bits per heavy atom. The lowest BCUT2D eigenvalue weighted by Crippen LogP contribution is -2.07. The molecule has 4 nitrogen and oxygen atoms in total. The second-order valence-corrected chi connectivity index (χ2v) is 2.92. The molecule has 0 spiro atoms. The van der Waals surface area contributed by atoms with E-state index in [9.17, 15) is 0 Å². The van der Waals surface area contributed by atoms with Crippen LogP contribution in [-0.4, -0.2) is 16.9 Å². The fourth-order valence-corrected chi connectivity index (χ4v) is 1.27. The Hall–Kier alpha value is -1.03. The zero-order chi connectivity index (χ0) is 9.30. The van der Waals surface area contributed by atoms with Gasteiger partial charge in [0.05, 0.1) is 12.7 Å². The maximum absolute atomic E-state index is 5.77. The van der Waals surface area contributed by atoms with E-state index in [-0.39, 0.29) is 6.04 Å². The quantitative estimate of drug-likeness (QED) is 0.711. The van der Waals surface area contributed by atoms with Crippen LogP contribution in [-0.2, 0) is 7.05 Å². The van der Waals surface area contributed by atoms with Gasteiger partial charge in [0.2, 0.25) is 5.88 Å². The molecule has 0 bridgehead atoms. The van der Waals surface area contributed by atoms with Crippen molar-refractivity contribution in [1.82, 2.24) is 9.78 Å². The zero-order valence-corrected chi connectivity index (χ0v) is 7.96. The van der Waals surface area contributed by atoms with Gasteiger partial charge in [0.1, 0.15) is 0 Å². The molecule has 0 saturated carbocycles. The normalized spacial score (nSPS) is 13.1. The van der Waals surface area contributed by atoms with Crippen LogP contribution in [0.15, 0.2) is 0 Å². The Morgan fingerprint density at radius 1 is 1.58 bits per heavy atom. The highest BCUT2D eigenvalue weighted by Crippen LogP contribution is 2.24. The van der Waals surface area contributed by atoms with Gasteiger partial charge in [-0.3, -0.25) is 4.68 Å². The SMILES string of the molecule is COc1nn(C)c(C)c1C(C)N. The molecule has 0 radical (unpaired) electrons. The first-order valence-electron chi connectivity index (χ1n) is 3.91. The Labute approximate surface area is 72.3 Å². The van der Waals surface area contributed by atoms with E-state index in [0.717, 1.165) is 11.3 Å². The fourth-order valence-electron chi connectivity index (χ4n) is 1.27. The Bertz CT molecular complexity index is 278. The second kappa shape index (κ2) is 3.15. The van der Waals surface area contributed by atoms with Crippen LogP contribution in [0, 0.1) is 6.92 Å². The third kappa shape index (κ3) is 1.30. The number of hydrogen-bond donors (Lipinski definition) is 1. The van der Waals surface area contributed by atoms with E-state index in [1.807, 2.05) is 20.9 Å². The molecule has 1 aromatic rings. The maximum Gasteiger partial charge on any atom is 0.237 e. The summed E-state index contributed by atoms with van der Waals surface area (Å²) in [5, 5.41) is 4.16. The van der Waals surface area contributed by atoms with Gasteiger partial charge in [0.25, 0.3) is 0 Å². The molecular formula is C8H15N3O. The van der Waals surface area contributed by atoms with E-state index in [2.05, 4.69) is 5.10 Å². The van der Waals surface area contributed by atoms with Crippen molar-refractivity contribution >= 4 is 0 Å². The van der Waals surface area contributed by atoms with Crippen molar-refractivity contribution in [1.29, 1.82) is 0 Å². The molecule has 1 aromatic heterocycles. The van der Waals surface area contributed by atoms with E-state index in [1.54, 1.807) is 11.8 Å². The third-order valence-corrected chi connectivity index (χ3v) is 2.00. The molecule has 0 amide bonds. The van der Waals surface area contributed by atoms with Crippen LogP contribution >= 0.6 is 0 Å². The van der Waals surface area contributed by atoms with Crippen LogP contribution in [0.5, 0.6) is 5.88 Å². The van der Waals surface area contributed by atoms with Crippen LogP contribution in [0.3, 0.4) is 0 Å². The van der Waals surface area contributed by atoms with E-state index in [0.29, 0.717) is 5.88 Å². The largest absolute Gasteiger partial charge is 0.480 e. The molecule has 0 fully saturated rings. The molecule has 1 heterocycles. The summed E-state index contributed by atoms with van der Waals surface area (Å²) in [5.41, 5.74) is 7.81. The van der Waals surface area contributed by atoms with Crippen molar-refractivity contribution in [3.05, 3.63) is 11.3 Å². The lowest BCUT2D eigenvalue weighted by atomic mass is 10.1. The number of nitrogens with zero attached hydrogens (tertiary/aromatic N) is 2. The molecule has 2 N–H and O–H groups in total. The van der Waals surface area contributed by atoms with Gasteiger partial charge in [0, 0.05) is 18.8 Å². The number of nitrogens with two attached hydrogens (primary N) is 1. The zero-order valence-electron chi connectivity index (χ0n) is 7.96. The van der Waals surface area contributed by atoms with Crippen LogP contribution in [0.25, 0.3) is 0 Å². The number of aryl methyl sites for hydroxylation is 1. The van der Waals surface area contributed by atoms with Gasteiger partial charge < -0.3 is 10.5 Å². The highest BCUT2D eigenvalue weighted by atomic mass is 16.5. The first-order chi connectivity index (χ1) is 5.57. The number of rotatable bonds is 2. The number of ether oxygens (including phenoxy) is 1. The van der Waals surface area contributed by atoms with Gasteiger partial charge in [-0.2, -0.15) is 0 Å². The van der Waals surface area contributed by atoms with Crippen molar-refractivity contribution in [2.75, 3.05) is 7.11 Å². The molecule has 0 aliphatic heterocycles. The molecule has 4 heteroatoms. The first kappa shape index (κ1) is 9.06. The molecule has 1 atom stereocenters. The molecule has 0 aliphatic rings. The monoisotopic (exact) mass is 169 g/mol.